The molecule has 0 saturated heterocycles. The lowest BCUT2D eigenvalue weighted by Crippen LogP contribution is -2.44. The van der Waals surface area contributed by atoms with Crippen LogP contribution in [0.5, 0.6) is 17.2 Å². The molecule has 1 aliphatic heterocycles. The summed E-state index contributed by atoms with van der Waals surface area (Å²) in [6.45, 7) is 7.51. The quantitative estimate of drug-likeness (QED) is 0.526. The molecule has 0 saturated carbocycles. The molecule has 5 N–H and O–H groups in total. The van der Waals surface area contributed by atoms with Crippen LogP contribution in [0.25, 0.3) is 0 Å². The number of rotatable bonds is 5. The highest BCUT2D eigenvalue weighted by atomic mass is 32.1. The predicted molar refractivity (Wildman–Crippen MR) is 126 cm³/mol. The second-order valence-corrected chi connectivity index (χ2v) is 9.66. The number of nitrogens with zero attached hydrogens (tertiary/aromatic N) is 1. The van der Waals surface area contributed by atoms with Gasteiger partial charge in [0.15, 0.2) is 10.9 Å². The zero-order chi connectivity index (χ0) is 23.2. The van der Waals surface area contributed by atoms with Gasteiger partial charge in [0.1, 0.15) is 35.3 Å². The Balaban J connectivity index is 1.47. The van der Waals surface area contributed by atoms with Gasteiger partial charge < -0.3 is 26.0 Å². The monoisotopic (exact) mass is 453 g/mol. The Labute approximate surface area is 191 Å². The molecule has 0 bridgehead atoms. The first-order valence-electron chi connectivity index (χ1n) is 10.4. The molecule has 32 heavy (non-hydrogen) atoms. The second-order valence-electron chi connectivity index (χ2n) is 8.55. The SMILES string of the molecule is Cc1c(C)c2c(c(C)c1O)C(=O)CC(C)(COc1ccc(Cc3sc(N)nc3N)cc1)O2. The molecule has 1 atom stereocenters. The number of ketones is 1. The van der Waals surface area contributed by atoms with Crippen LogP contribution in [-0.2, 0) is 6.42 Å². The van der Waals surface area contributed by atoms with Crippen molar-refractivity contribution in [3.63, 3.8) is 0 Å². The van der Waals surface area contributed by atoms with Gasteiger partial charge in [0.2, 0.25) is 0 Å². The fraction of sp³-hybridized carbons (Fsp3) is 0.333. The van der Waals surface area contributed by atoms with Crippen molar-refractivity contribution >= 4 is 28.1 Å². The standard InChI is InChI=1S/C24H27N3O4S/c1-12-13(2)21-19(14(3)20(12)29)17(28)10-24(4,31-21)11-30-16-7-5-15(6-8-16)9-18-22(25)27-23(26)32-18/h5-8,29H,9-11,25H2,1-4H3,(H2,26,27). The minimum absolute atomic E-state index is 0.0509. The van der Waals surface area contributed by atoms with Crippen molar-refractivity contribution in [1.29, 1.82) is 0 Å². The Kier molecular flexibility index (Phi) is 5.50. The average Bonchev–Trinajstić information content (AvgIpc) is 3.06. The maximum absolute atomic E-state index is 12.9. The number of phenols is 1. The molecule has 3 aromatic rings. The van der Waals surface area contributed by atoms with E-state index in [1.807, 2.05) is 45.0 Å². The first-order chi connectivity index (χ1) is 15.1. The number of Topliss-reactive ketones (excluding diaryl/α,β-unsaturated/α-hetero) is 1. The van der Waals surface area contributed by atoms with E-state index in [1.165, 1.54) is 11.3 Å². The van der Waals surface area contributed by atoms with E-state index in [2.05, 4.69) is 4.98 Å². The van der Waals surface area contributed by atoms with Crippen LogP contribution in [0.1, 0.15) is 50.8 Å². The molecule has 1 aliphatic rings. The zero-order valence-corrected chi connectivity index (χ0v) is 19.4. The number of nitrogens with two attached hydrogens (primary N) is 2. The lowest BCUT2D eigenvalue weighted by Gasteiger charge is -2.36. The van der Waals surface area contributed by atoms with E-state index in [-0.39, 0.29) is 24.6 Å². The molecule has 1 aromatic heterocycles. The van der Waals surface area contributed by atoms with Gasteiger partial charge in [-0.3, -0.25) is 4.79 Å². The number of aromatic hydroxyl groups is 1. The van der Waals surface area contributed by atoms with Gasteiger partial charge in [-0.05, 0) is 56.5 Å². The van der Waals surface area contributed by atoms with Crippen LogP contribution in [-0.4, -0.2) is 28.1 Å². The third-order valence-electron chi connectivity index (χ3n) is 5.95. The summed E-state index contributed by atoms with van der Waals surface area (Å²) in [6, 6.07) is 7.70. The van der Waals surface area contributed by atoms with E-state index in [1.54, 1.807) is 6.92 Å². The molecule has 4 rings (SSSR count). The van der Waals surface area contributed by atoms with Crippen molar-refractivity contribution in [3.05, 3.63) is 57.0 Å². The van der Waals surface area contributed by atoms with E-state index in [0.29, 0.717) is 40.0 Å². The summed E-state index contributed by atoms with van der Waals surface area (Å²) < 4.78 is 12.3. The summed E-state index contributed by atoms with van der Waals surface area (Å²) in [4.78, 5) is 17.9. The minimum Gasteiger partial charge on any atom is -0.507 e. The number of hydrogen-bond acceptors (Lipinski definition) is 8. The van der Waals surface area contributed by atoms with Crippen LogP contribution in [0.3, 0.4) is 0 Å². The largest absolute Gasteiger partial charge is 0.507 e. The van der Waals surface area contributed by atoms with Gasteiger partial charge in [0.25, 0.3) is 0 Å². The van der Waals surface area contributed by atoms with Gasteiger partial charge in [-0.2, -0.15) is 0 Å². The third kappa shape index (κ3) is 3.98. The predicted octanol–water partition coefficient (Wildman–Crippen LogP) is 4.33. The molecule has 1 unspecified atom stereocenters. The topological polar surface area (TPSA) is 121 Å². The number of nitrogen functional groups attached to an aromatic ring is 2. The van der Waals surface area contributed by atoms with E-state index in [4.69, 9.17) is 20.9 Å². The van der Waals surface area contributed by atoms with Crippen LogP contribution < -0.4 is 20.9 Å². The minimum atomic E-state index is -0.808. The smallest absolute Gasteiger partial charge is 0.182 e. The summed E-state index contributed by atoms with van der Waals surface area (Å²) in [5.41, 5.74) is 14.4. The van der Waals surface area contributed by atoms with Crippen molar-refractivity contribution < 1.29 is 19.4 Å². The van der Waals surface area contributed by atoms with E-state index < -0.39 is 5.60 Å². The Bertz CT molecular complexity index is 1200. The number of thiazole rings is 1. The number of fused-ring (bicyclic) bond motifs is 1. The second kappa shape index (κ2) is 8.02. The Morgan fingerprint density at radius 2 is 1.84 bits per heavy atom. The lowest BCUT2D eigenvalue weighted by atomic mass is 9.86. The Morgan fingerprint density at radius 3 is 2.47 bits per heavy atom. The van der Waals surface area contributed by atoms with E-state index in [9.17, 15) is 9.90 Å². The lowest BCUT2D eigenvalue weighted by molar-refractivity contribution is 0.0182. The van der Waals surface area contributed by atoms with Crippen LogP contribution in [0.15, 0.2) is 24.3 Å². The summed E-state index contributed by atoms with van der Waals surface area (Å²) in [6.07, 6.45) is 0.824. The van der Waals surface area contributed by atoms with Crippen molar-refractivity contribution in [2.24, 2.45) is 0 Å². The molecule has 0 fully saturated rings. The highest BCUT2D eigenvalue weighted by Gasteiger charge is 2.40. The molecule has 8 heteroatoms. The zero-order valence-electron chi connectivity index (χ0n) is 18.6. The highest BCUT2D eigenvalue weighted by molar-refractivity contribution is 7.15. The van der Waals surface area contributed by atoms with Gasteiger partial charge in [-0.15, -0.1) is 0 Å². The van der Waals surface area contributed by atoms with Gasteiger partial charge in [0.05, 0.1) is 16.9 Å². The molecule has 0 spiro atoms. The molecule has 0 radical (unpaired) electrons. The average molecular weight is 454 g/mol. The number of aromatic nitrogens is 1. The van der Waals surface area contributed by atoms with Gasteiger partial charge in [-0.1, -0.05) is 23.5 Å². The highest BCUT2D eigenvalue weighted by Crippen LogP contribution is 2.43. The Morgan fingerprint density at radius 1 is 1.16 bits per heavy atom. The number of anilines is 2. The molecule has 2 aromatic carbocycles. The van der Waals surface area contributed by atoms with Crippen molar-refractivity contribution in [2.75, 3.05) is 18.1 Å². The summed E-state index contributed by atoms with van der Waals surface area (Å²) in [5.74, 6) is 1.79. The molecular weight excluding hydrogens is 426 g/mol. The van der Waals surface area contributed by atoms with Crippen molar-refractivity contribution in [3.8, 4) is 17.2 Å². The van der Waals surface area contributed by atoms with Crippen molar-refractivity contribution in [2.45, 2.75) is 46.1 Å². The van der Waals surface area contributed by atoms with E-state index >= 15 is 0 Å². The van der Waals surface area contributed by atoms with Crippen LogP contribution in [0.2, 0.25) is 0 Å². The number of benzene rings is 2. The fourth-order valence-electron chi connectivity index (χ4n) is 3.99. The summed E-state index contributed by atoms with van der Waals surface area (Å²) in [5, 5.41) is 10.8. The van der Waals surface area contributed by atoms with Crippen molar-refractivity contribution in [1.82, 2.24) is 4.98 Å². The van der Waals surface area contributed by atoms with Gasteiger partial charge >= 0.3 is 0 Å². The number of phenolic OH excluding ortho intramolecular Hbond substituents is 1. The summed E-state index contributed by atoms with van der Waals surface area (Å²) in [7, 11) is 0. The summed E-state index contributed by atoms with van der Waals surface area (Å²) >= 11 is 1.39. The number of hydrogen-bond donors (Lipinski definition) is 3. The maximum atomic E-state index is 12.9. The third-order valence-corrected chi connectivity index (χ3v) is 6.85. The molecule has 0 aliphatic carbocycles. The van der Waals surface area contributed by atoms with Crippen LogP contribution in [0.4, 0.5) is 10.9 Å². The van der Waals surface area contributed by atoms with Crippen LogP contribution in [0, 0.1) is 20.8 Å². The van der Waals surface area contributed by atoms with Gasteiger partial charge in [-0.25, -0.2) is 4.98 Å². The molecule has 0 amide bonds. The first-order valence-corrected chi connectivity index (χ1v) is 11.2. The molecule has 7 nitrogen and oxygen atoms in total. The van der Waals surface area contributed by atoms with Gasteiger partial charge in [0, 0.05) is 12.0 Å². The molecular formula is C24H27N3O4S. The molecule has 168 valence electrons. The maximum Gasteiger partial charge on any atom is 0.182 e. The first kappa shape index (κ1) is 22.0. The number of ether oxygens (including phenoxy) is 2. The number of carbonyl (C=O) groups excluding carboxylic acids is 1. The van der Waals surface area contributed by atoms with E-state index in [0.717, 1.165) is 21.6 Å². The fourth-order valence-corrected chi connectivity index (χ4v) is 4.78. The van der Waals surface area contributed by atoms with Crippen LogP contribution >= 0.6 is 11.3 Å². The normalized spacial score (nSPS) is 17.7. The number of carbonyl (C=O) groups is 1. The Hall–Kier alpha value is -3.26. The molecule has 2 heterocycles.